The van der Waals surface area contributed by atoms with Crippen molar-refractivity contribution in [1.82, 2.24) is 10.2 Å². The van der Waals surface area contributed by atoms with Gasteiger partial charge in [-0.25, -0.2) is 0 Å². The van der Waals surface area contributed by atoms with Crippen LogP contribution < -0.4 is 5.32 Å². The van der Waals surface area contributed by atoms with E-state index in [4.69, 9.17) is 0 Å². The molecule has 0 saturated carbocycles. The number of hydrogen-bond donors (Lipinski definition) is 1. The van der Waals surface area contributed by atoms with Crippen LogP contribution in [0.4, 0.5) is 0 Å². The van der Waals surface area contributed by atoms with Gasteiger partial charge in [0, 0.05) is 33.1 Å². The van der Waals surface area contributed by atoms with Crippen LogP contribution in [0.25, 0.3) is 0 Å². The van der Waals surface area contributed by atoms with E-state index in [2.05, 4.69) is 42.3 Å². The SMILES string of the molecule is CC(=O)NCCN1CCc2ccc(C(C)C)cc2C1. The predicted molar refractivity (Wildman–Crippen MR) is 78.2 cm³/mol. The molecule has 0 unspecified atom stereocenters. The molecule has 1 aromatic rings. The summed E-state index contributed by atoms with van der Waals surface area (Å²) < 4.78 is 0. The lowest BCUT2D eigenvalue weighted by atomic mass is 9.93. The number of fused-ring (bicyclic) bond motifs is 1. The van der Waals surface area contributed by atoms with E-state index in [0.717, 1.165) is 32.6 Å². The fraction of sp³-hybridized carbons (Fsp3) is 0.562. The second-order valence-electron chi connectivity index (χ2n) is 5.69. The Hall–Kier alpha value is -1.35. The minimum absolute atomic E-state index is 0.0551. The van der Waals surface area contributed by atoms with Gasteiger partial charge in [0.2, 0.25) is 5.91 Å². The molecule has 0 saturated heterocycles. The monoisotopic (exact) mass is 260 g/mol. The van der Waals surface area contributed by atoms with Gasteiger partial charge in [-0.1, -0.05) is 32.0 Å². The lowest BCUT2D eigenvalue weighted by Crippen LogP contribution is -2.37. The maximum atomic E-state index is 10.9. The first-order chi connectivity index (χ1) is 9.06. The number of benzene rings is 1. The Morgan fingerprint density at radius 3 is 2.84 bits per heavy atom. The summed E-state index contributed by atoms with van der Waals surface area (Å²) in [5.41, 5.74) is 4.36. The largest absolute Gasteiger partial charge is 0.355 e. The molecule has 0 radical (unpaired) electrons. The summed E-state index contributed by atoms with van der Waals surface area (Å²) in [4.78, 5) is 13.3. The van der Waals surface area contributed by atoms with Crippen molar-refractivity contribution in [3.8, 4) is 0 Å². The van der Waals surface area contributed by atoms with E-state index in [9.17, 15) is 4.79 Å². The number of rotatable bonds is 4. The van der Waals surface area contributed by atoms with Gasteiger partial charge in [-0.3, -0.25) is 9.69 Å². The van der Waals surface area contributed by atoms with Gasteiger partial charge in [-0.2, -0.15) is 0 Å². The Kier molecular flexibility index (Phi) is 4.59. The number of nitrogens with one attached hydrogen (secondary N) is 1. The molecule has 1 aliphatic heterocycles. The molecular weight excluding hydrogens is 236 g/mol. The van der Waals surface area contributed by atoms with Crippen LogP contribution in [0.3, 0.4) is 0 Å². The Morgan fingerprint density at radius 2 is 2.16 bits per heavy atom. The zero-order chi connectivity index (χ0) is 13.8. The molecule has 2 rings (SSSR count). The fourth-order valence-corrected chi connectivity index (χ4v) is 2.58. The average Bonchev–Trinajstić information content (AvgIpc) is 2.37. The van der Waals surface area contributed by atoms with Crippen LogP contribution in [0, 0.1) is 0 Å². The summed E-state index contributed by atoms with van der Waals surface area (Å²) in [5, 5.41) is 2.87. The van der Waals surface area contributed by atoms with Gasteiger partial charge >= 0.3 is 0 Å². The van der Waals surface area contributed by atoms with Gasteiger partial charge in [0.15, 0.2) is 0 Å². The van der Waals surface area contributed by atoms with Crippen molar-refractivity contribution in [1.29, 1.82) is 0 Å². The summed E-state index contributed by atoms with van der Waals surface area (Å²) >= 11 is 0. The van der Waals surface area contributed by atoms with Crippen molar-refractivity contribution in [2.45, 2.75) is 39.7 Å². The van der Waals surface area contributed by atoms with Crippen LogP contribution in [0.5, 0.6) is 0 Å². The number of nitrogens with zero attached hydrogens (tertiary/aromatic N) is 1. The van der Waals surface area contributed by atoms with Crippen molar-refractivity contribution in [3.63, 3.8) is 0 Å². The molecule has 1 amide bonds. The molecule has 0 bridgehead atoms. The summed E-state index contributed by atoms with van der Waals surface area (Å²) in [6.45, 7) is 9.82. The second-order valence-corrected chi connectivity index (χ2v) is 5.69. The van der Waals surface area contributed by atoms with Crippen molar-refractivity contribution >= 4 is 5.91 Å². The molecule has 0 spiro atoms. The maximum absolute atomic E-state index is 10.9. The lowest BCUT2D eigenvalue weighted by molar-refractivity contribution is -0.119. The van der Waals surface area contributed by atoms with E-state index < -0.39 is 0 Å². The van der Waals surface area contributed by atoms with E-state index >= 15 is 0 Å². The Morgan fingerprint density at radius 1 is 1.37 bits per heavy atom. The minimum Gasteiger partial charge on any atom is -0.355 e. The van der Waals surface area contributed by atoms with Crippen molar-refractivity contribution in [3.05, 3.63) is 34.9 Å². The third-order valence-electron chi connectivity index (χ3n) is 3.79. The van der Waals surface area contributed by atoms with Gasteiger partial charge < -0.3 is 5.32 Å². The van der Waals surface area contributed by atoms with E-state index in [1.807, 2.05) is 0 Å². The van der Waals surface area contributed by atoms with Gasteiger partial charge in [-0.05, 0) is 29.0 Å². The van der Waals surface area contributed by atoms with E-state index in [1.165, 1.54) is 16.7 Å². The van der Waals surface area contributed by atoms with E-state index in [1.54, 1.807) is 6.92 Å². The first-order valence-corrected chi connectivity index (χ1v) is 7.14. The van der Waals surface area contributed by atoms with Gasteiger partial charge in [-0.15, -0.1) is 0 Å². The van der Waals surface area contributed by atoms with Gasteiger partial charge in [0.05, 0.1) is 0 Å². The van der Waals surface area contributed by atoms with Crippen LogP contribution in [-0.4, -0.2) is 30.4 Å². The highest BCUT2D eigenvalue weighted by Gasteiger charge is 2.16. The normalized spacial score (nSPS) is 15.4. The van der Waals surface area contributed by atoms with Crippen LogP contribution in [0.1, 0.15) is 43.4 Å². The Balaban J connectivity index is 1.97. The summed E-state index contributed by atoms with van der Waals surface area (Å²) in [5.74, 6) is 0.638. The number of carbonyl (C=O) groups is 1. The zero-order valence-electron chi connectivity index (χ0n) is 12.2. The summed E-state index contributed by atoms with van der Waals surface area (Å²) in [6.07, 6.45) is 1.12. The molecule has 1 aromatic carbocycles. The summed E-state index contributed by atoms with van der Waals surface area (Å²) in [7, 11) is 0. The first kappa shape index (κ1) is 14.1. The molecule has 1 aliphatic rings. The molecule has 1 heterocycles. The quantitative estimate of drug-likeness (QED) is 0.901. The third kappa shape index (κ3) is 3.80. The molecule has 0 aromatic heterocycles. The standard InChI is InChI=1S/C16H24N2O/c1-12(2)15-5-4-14-6-8-18(11-16(14)10-15)9-7-17-13(3)19/h4-5,10,12H,6-9,11H2,1-3H3,(H,17,19). The topological polar surface area (TPSA) is 32.3 Å². The van der Waals surface area contributed by atoms with Crippen LogP contribution >= 0.6 is 0 Å². The highest BCUT2D eigenvalue weighted by Crippen LogP contribution is 2.23. The van der Waals surface area contributed by atoms with Crippen molar-refractivity contribution in [2.75, 3.05) is 19.6 Å². The highest BCUT2D eigenvalue weighted by molar-refractivity contribution is 5.72. The Bertz CT molecular complexity index is 454. The molecule has 0 fully saturated rings. The van der Waals surface area contributed by atoms with Crippen LogP contribution in [-0.2, 0) is 17.8 Å². The number of hydrogen-bond acceptors (Lipinski definition) is 2. The fourth-order valence-electron chi connectivity index (χ4n) is 2.58. The van der Waals surface area contributed by atoms with Crippen molar-refractivity contribution in [2.24, 2.45) is 0 Å². The average molecular weight is 260 g/mol. The molecular formula is C16H24N2O. The Labute approximate surface area is 116 Å². The van der Waals surface area contributed by atoms with Crippen molar-refractivity contribution < 1.29 is 4.79 Å². The molecule has 3 nitrogen and oxygen atoms in total. The molecule has 0 atom stereocenters. The predicted octanol–water partition coefficient (Wildman–Crippen LogP) is 2.30. The lowest BCUT2D eigenvalue weighted by Gasteiger charge is -2.29. The molecule has 104 valence electrons. The van der Waals surface area contributed by atoms with E-state index in [-0.39, 0.29) is 5.91 Å². The van der Waals surface area contributed by atoms with Crippen LogP contribution in [0.15, 0.2) is 18.2 Å². The number of amides is 1. The maximum Gasteiger partial charge on any atom is 0.216 e. The van der Waals surface area contributed by atoms with Gasteiger partial charge in [0.1, 0.15) is 0 Å². The molecule has 0 aliphatic carbocycles. The first-order valence-electron chi connectivity index (χ1n) is 7.14. The van der Waals surface area contributed by atoms with Crippen LogP contribution in [0.2, 0.25) is 0 Å². The summed E-state index contributed by atoms with van der Waals surface area (Å²) in [6, 6.07) is 6.90. The molecule has 3 heteroatoms. The van der Waals surface area contributed by atoms with E-state index in [0.29, 0.717) is 5.92 Å². The number of carbonyl (C=O) groups excluding carboxylic acids is 1. The minimum atomic E-state index is 0.0551. The second kappa shape index (κ2) is 6.20. The molecule has 19 heavy (non-hydrogen) atoms. The van der Waals surface area contributed by atoms with Gasteiger partial charge in [0.25, 0.3) is 0 Å². The molecule has 1 N–H and O–H groups in total. The zero-order valence-corrected chi connectivity index (χ0v) is 12.2. The highest BCUT2D eigenvalue weighted by atomic mass is 16.1. The smallest absolute Gasteiger partial charge is 0.216 e. The third-order valence-corrected chi connectivity index (χ3v) is 3.79.